The summed E-state index contributed by atoms with van der Waals surface area (Å²) in [5.74, 6) is -5.84. The quantitative estimate of drug-likeness (QED) is 0.493. The maximum Gasteiger partial charge on any atom is 0.287 e. The van der Waals surface area contributed by atoms with Crippen molar-refractivity contribution in [3.05, 3.63) is 0 Å². The second kappa shape index (κ2) is 3.26. The lowest BCUT2D eigenvalue weighted by Crippen LogP contribution is -1.94. The van der Waals surface area contributed by atoms with E-state index in [0.717, 1.165) is 0 Å². The minimum absolute atomic E-state index is 0.426. The second-order valence-corrected chi connectivity index (χ2v) is 6.50. The van der Waals surface area contributed by atoms with Crippen LogP contribution in [0.4, 0.5) is 4.39 Å². The van der Waals surface area contributed by atoms with E-state index < -0.39 is 17.6 Å². The fourth-order valence-corrected chi connectivity index (χ4v) is 1.66. The Morgan fingerprint density at radius 3 is 2.00 bits per heavy atom. The molecule has 0 aromatic heterocycles. The maximum atomic E-state index is 12.0. The normalized spacial score (nSPS) is 16.0. The third kappa shape index (κ3) is 3.13. The Morgan fingerprint density at radius 1 is 1.62 bits per heavy atom. The standard InChI is InChI=1S/C2H3Cl3FOP/c3-1-2(6)8(4,5)7/h2H,1H2. The number of hydrogen-bond acceptors (Lipinski definition) is 1. The van der Waals surface area contributed by atoms with Crippen molar-refractivity contribution in [2.24, 2.45) is 0 Å². The molecule has 1 nitrogen and oxygen atoms in total. The van der Waals surface area contributed by atoms with Gasteiger partial charge in [-0.3, -0.25) is 4.57 Å². The molecule has 8 heavy (non-hydrogen) atoms. The summed E-state index contributed by atoms with van der Waals surface area (Å²) in [4.78, 5) is 0. The number of rotatable bonds is 2. The molecule has 0 aliphatic carbocycles. The Kier molecular flexibility index (Phi) is 3.68. The molecule has 50 valence electrons. The van der Waals surface area contributed by atoms with Crippen LogP contribution in [0.1, 0.15) is 0 Å². The molecule has 0 saturated carbocycles. The molecule has 6 heteroatoms. The molecule has 0 aliphatic heterocycles. The Balaban J connectivity index is 3.82. The van der Waals surface area contributed by atoms with Crippen molar-refractivity contribution < 1.29 is 8.96 Å². The number of alkyl halides is 2. The van der Waals surface area contributed by atoms with Crippen molar-refractivity contribution in [2.45, 2.75) is 5.91 Å². The number of halogens is 4. The molecule has 0 heterocycles. The molecule has 0 fully saturated rings. The smallest absolute Gasteiger partial charge is 0.286 e. The molecule has 0 aromatic rings. The predicted octanol–water partition coefficient (Wildman–Crippen LogP) is 3.19. The third-order valence-electron chi connectivity index (χ3n) is 0.453. The molecule has 0 aliphatic rings. The summed E-state index contributed by atoms with van der Waals surface area (Å²) in [7, 11) is 0. The molecular formula is C2H3Cl3FOP. The van der Waals surface area contributed by atoms with Crippen LogP contribution in [-0.2, 0) is 4.57 Å². The topological polar surface area (TPSA) is 17.1 Å². The van der Waals surface area contributed by atoms with E-state index in [1.54, 1.807) is 0 Å². The first-order valence-corrected chi connectivity index (χ1v) is 5.79. The van der Waals surface area contributed by atoms with Gasteiger partial charge in [0.05, 0.1) is 5.88 Å². The number of hydrogen-bond donors (Lipinski definition) is 0. The van der Waals surface area contributed by atoms with Crippen molar-refractivity contribution in [3.63, 3.8) is 0 Å². The lowest BCUT2D eigenvalue weighted by molar-refractivity contribution is 0.459. The van der Waals surface area contributed by atoms with E-state index >= 15 is 0 Å². The molecule has 1 atom stereocenters. The maximum absolute atomic E-state index is 12.0. The van der Waals surface area contributed by atoms with Crippen LogP contribution in [0.25, 0.3) is 0 Å². The van der Waals surface area contributed by atoms with Gasteiger partial charge in [-0.15, -0.1) is 11.6 Å². The van der Waals surface area contributed by atoms with Gasteiger partial charge in [0, 0.05) is 0 Å². The third-order valence-corrected chi connectivity index (χ3v) is 3.05. The fourth-order valence-electron chi connectivity index (χ4n) is 0.0803. The Hall–Kier alpha value is 1.03. The van der Waals surface area contributed by atoms with Crippen LogP contribution >= 0.6 is 39.9 Å². The molecule has 0 rings (SSSR count). The molecule has 0 saturated heterocycles. The summed E-state index contributed by atoms with van der Waals surface area (Å²) < 4.78 is 22.2. The SMILES string of the molecule is O=P(Cl)(Cl)C(F)CCl. The van der Waals surface area contributed by atoms with Crippen LogP contribution in [0.2, 0.25) is 0 Å². The van der Waals surface area contributed by atoms with Crippen LogP contribution < -0.4 is 0 Å². The van der Waals surface area contributed by atoms with Crippen molar-refractivity contribution >= 4 is 39.9 Å². The average molecular weight is 199 g/mol. The van der Waals surface area contributed by atoms with Crippen molar-refractivity contribution in [3.8, 4) is 0 Å². The van der Waals surface area contributed by atoms with Crippen molar-refractivity contribution in [2.75, 3.05) is 5.88 Å². The minimum Gasteiger partial charge on any atom is -0.286 e. The fraction of sp³-hybridized carbons (Fsp3) is 1.00. The summed E-state index contributed by atoms with van der Waals surface area (Å²) >= 11 is 14.6. The van der Waals surface area contributed by atoms with Crippen LogP contribution in [0, 0.1) is 0 Å². The van der Waals surface area contributed by atoms with Crippen molar-refractivity contribution in [1.29, 1.82) is 0 Å². The molecule has 0 aromatic carbocycles. The van der Waals surface area contributed by atoms with Crippen LogP contribution in [0.5, 0.6) is 0 Å². The van der Waals surface area contributed by atoms with Gasteiger partial charge in [0.1, 0.15) is 0 Å². The Morgan fingerprint density at radius 2 is 2.00 bits per heavy atom. The molecule has 0 bridgehead atoms. The Bertz CT molecular complexity index is 112. The highest BCUT2D eigenvalue weighted by atomic mass is 35.9. The predicted molar refractivity (Wildman–Crippen MR) is 34.9 cm³/mol. The summed E-state index contributed by atoms with van der Waals surface area (Å²) in [5.41, 5.74) is 0. The lowest BCUT2D eigenvalue weighted by atomic mass is 10.9. The van der Waals surface area contributed by atoms with Crippen LogP contribution in [0.3, 0.4) is 0 Å². The van der Waals surface area contributed by atoms with Gasteiger partial charge in [-0.05, 0) is 22.5 Å². The average Bonchev–Trinajstić information content (AvgIpc) is 1.62. The molecule has 0 amide bonds. The summed E-state index contributed by atoms with van der Waals surface area (Å²) in [6, 6.07) is 0. The molecule has 1 unspecified atom stereocenters. The zero-order valence-corrected chi connectivity index (χ0v) is 6.81. The van der Waals surface area contributed by atoms with Crippen LogP contribution in [0.15, 0.2) is 0 Å². The van der Waals surface area contributed by atoms with E-state index in [9.17, 15) is 8.96 Å². The first-order valence-electron chi connectivity index (χ1n) is 1.67. The molecule has 0 spiro atoms. The van der Waals surface area contributed by atoms with E-state index in [1.165, 1.54) is 0 Å². The first-order chi connectivity index (χ1) is 3.48. The van der Waals surface area contributed by atoms with E-state index in [-0.39, 0.29) is 0 Å². The minimum atomic E-state index is -3.61. The zero-order valence-electron chi connectivity index (χ0n) is 3.65. The zero-order chi connectivity index (χ0) is 6.78. The van der Waals surface area contributed by atoms with E-state index in [1.807, 2.05) is 0 Å². The first kappa shape index (κ1) is 9.03. The van der Waals surface area contributed by atoms with Gasteiger partial charge in [0.2, 0.25) is 0 Å². The molecular weight excluding hydrogens is 196 g/mol. The Labute approximate surface area is 61.1 Å². The monoisotopic (exact) mass is 198 g/mol. The van der Waals surface area contributed by atoms with E-state index in [4.69, 9.17) is 34.1 Å². The second-order valence-electron chi connectivity index (χ2n) is 1.09. The van der Waals surface area contributed by atoms with Crippen molar-refractivity contribution in [1.82, 2.24) is 0 Å². The van der Waals surface area contributed by atoms with Gasteiger partial charge in [-0.2, -0.15) is 0 Å². The van der Waals surface area contributed by atoms with Gasteiger partial charge in [-0.1, -0.05) is 0 Å². The highest BCUT2D eigenvalue weighted by molar-refractivity contribution is 8.08. The van der Waals surface area contributed by atoms with Gasteiger partial charge in [0.15, 0.2) is 5.91 Å². The summed E-state index contributed by atoms with van der Waals surface area (Å²) in [6.45, 7) is 0. The highest BCUT2D eigenvalue weighted by Crippen LogP contribution is 2.61. The van der Waals surface area contributed by atoms with E-state index in [2.05, 4.69) is 0 Å². The molecule has 0 N–H and O–H groups in total. The largest absolute Gasteiger partial charge is 0.287 e. The van der Waals surface area contributed by atoms with Crippen LogP contribution in [-0.4, -0.2) is 11.8 Å². The van der Waals surface area contributed by atoms with Gasteiger partial charge in [-0.25, -0.2) is 4.39 Å². The highest BCUT2D eigenvalue weighted by Gasteiger charge is 2.26. The molecule has 0 radical (unpaired) electrons. The van der Waals surface area contributed by atoms with E-state index in [0.29, 0.717) is 0 Å². The van der Waals surface area contributed by atoms with Gasteiger partial charge >= 0.3 is 0 Å². The van der Waals surface area contributed by atoms with Gasteiger partial charge < -0.3 is 0 Å². The lowest BCUT2D eigenvalue weighted by Gasteiger charge is -2.01. The summed E-state index contributed by atoms with van der Waals surface area (Å²) in [5, 5.41) is 0. The van der Waals surface area contributed by atoms with Gasteiger partial charge in [0.25, 0.3) is 5.85 Å². The summed E-state index contributed by atoms with van der Waals surface area (Å²) in [6.07, 6.45) is 0.